The van der Waals surface area contributed by atoms with Crippen molar-refractivity contribution in [3.05, 3.63) is 29.1 Å². The van der Waals surface area contributed by atoms with Crippen LogP contribution < -0.4 is 0 Å². The number of hydrogen-bond acceptors (Lipinski definition) is 2. The Balaban J connectivity index is 1.61. The summed E-state index contributed by atoms with van der Waals surface area (Å²) in [5.74, 6) is 1.14. The number of rotatable bonds is 2. The molecule has 1 fully saturated rings. The summed E-state index contributed by atoms with van der Waals surface area (Å²) in [5, 5.41) is 0. The van der Waals surface area contributed by atoms with E-state index in [1.54, 1.807) is 0 Å². The van der Waals surface area contributed by atoms with Gasteiger partial charge in [-0.05, 0) is 75.3 Å². The molecule has 2 heterocycles. The van der Waals surface area contributed by atoms with Crippen molar-refractivity contribution in [2.24, 2.45) is 0 Å². The number of benzene rings is 1. The van der Waals surface area contributed by atoms with Crippen molar-refractivity contribution in [1.29, 1.82) is 0 Å². The predicted molar refractivity (Wildman–Crippen MR) is 86.5 cm³/mol. The summed E-state index contributed by atoms with van der Waals surface area (Å²) in [6, 6.07) is 5.36. The third-order valence-corrected chi connectivity index (χ3v) is 5.29. The summed E-state index contributed by atoms with van der Waals surface area (Å²) in [7, 11) is 0. The highest BCUT2D eigenvalue weighted by Crippen LogP contribution is 2.26. The van der Waals surface area contributed by atoms with E-state index in [0.717, 1.165) is 17.9 Å². The third-order valence-electron chi connectivity index (χ3n) is 5.29. The van der Waals surface area contributed by atoms with Crippen LogP contribution in [-0.2, 0) is 19.4 Å². The summed E-state index contributed by atoms with van der Waals surface area (Å²) < 4.78 is 0. The predicted octanol–water partition coefficient (Wildman–Crippen LogP) is 3.82. The van der Waals surface area contributed by atoms with E-state index in [1.165, 1.54) is 68.1 Å². The summed E-state index contributed by atoms with van der Waals surface area (Å²) in [6.07, 6.45) is 9.18. The number of imidazole rings is 1. The average molecular weight is 283 g/mol. The topological polar surface area (TPSA) is 31.9 Å². The minimum absolute atomic E-state index is 0.695. The van der Waals surface area contributed by atoms with Crippen LogP contribution in [0.15, 0.2) is 12.1 Å². The second-order valence-corrected chi connectivity index (χ2v) is 6.84. The fourth-order valence-corrected chi connectivity index (χ4v) is 3.95. The van der Waals surface area contributed by atoms with Crippen LogP contribution in [0.2, 0.25) is 0 Å². The summed E-state index contributed by atoms with van der Waals surface area (Å²) in [5.41, 5.74) is 5.46. The fourth-order valence-electron chi connectivity index (χ4n) is 3.95. The molecule has 3 nitrogen and oxygen atoms in total. The van der Waals surface area contributed by atoms with Crippen LogP contribution in [0.5, 0.6) is 0 Å². The van der Waals surface area contributed by atoms with E-state index in [-0.39, 0.29) is 0 Å². The standard InChI is InChI=1S/C18H25N3/c1-13-6-4-5-9-21(13)12-18-19-16-10-14-7-2-3-8-15(14)11-17(16)20-18/h10-11,13H,2-9,12H2,1H3,(H,19,20). The zero-order chi connectivity index (χ0) is 14.2. The molecule has 0 spiro atoms. The number of hydrogen-bond donors (Lipinski definition) is 1. The molecule has 0 radical (unpaired) electrons. The lowest BCUT2D eigenvalue weighted by atomic mass is 9.91. The van der Waals surface area contributed by atoms with Gasteiger partial charge in [0.15, 0.2) is 0 Å². The van der Waals surface area contributed by atoms with E-state index < -0.39 is 0 Å². The van der Waals surface area contributed by atoms with Crippen molar-refractivity contribution < 1.29 is 0 Å². The Kier molecular flexibility index (Phi) is 3.46. The molecule has 0 bridgehead atoms. The number of nitrogens with one attached hydrogen (secondary N) is 1. The van der Waals surface area contributed by atoms with Crippen molar-refractivity contribution in [1.82, 2.24) is 14.9 Å². The van der Waals surface area contributed by atoms with Crippen molar-refractivity contribution in [2.75, 3.05) is 6.54 Å². The number of fused-ring (bicyclic) bond motifs is 2. The van der Waals surface area contributed by atoms with Gasteiger partial charge in [0, 0.05) is 6.04 Å². The largest absolute Gasteiger partial charge is 0.341 e. The lowest BCUT2D eigenvalue weighted by Crippen LogP contribution is -2.37. The first-order valence-electron chi connectivity index (χ1n) is 8.54. The van der Waals surface area contributed by atoms with Crippen LogP contribution in [0.1, 0.15) is 56.0 Å². The Morgan fingerprint density at radius 1 is 1.14 bits per heavy atom. The maximum Gasteiger partial charge on any atom is 0.121 e. The highest BCUT2D eigenvalue weighted by molar-refractivity contribution is 5.77. The van der Waals surface area contributed by atoms with E-state index >= 15 is 0 Å². The average Bonchev–Trinajstić information content (AvgIpc) is 2.88. The van der Waals surface area contributed by atoms with Crippen molar-refractivity contribution in [3.8, 4) is 0 Å². The van der Waals surface area contributed by atoms with Crippen LogP contribution in [-0.4, -0.2) is 27.5 Å². The summed E-state index contributed by atoms with van der Waals surface area (Å²) in [6.45, 7) is 4.54. The number of H-pyrrole nitrogens is 1. The second kappa shape index (κ2) is 5.45. The molecule has 1 aromatic carbocycles. The maximum atomic E-state index is 4.85. The molecule has 21 heavy (non-hydrogen) atoms. The molecule has 112 valence electrons. The second-order valence-electron chi connectivity index (χ2n) is 6.84. The van der Waals surface area contributed by atoms with E-state index in [1.807, 2.05) is 0 Å². The van der Waals surface area contributed by atoms with E-state index in [2.05, 4.69) is 28.9 Å². The van der Waals surface area contributed by atoms with Crippen LogP contribution in [0.4, 0.5) is 0 Å². The fraction of sp³-hybridized carbons (Fsp3) is 0.611. The van der Waals surface area contributed by atoms with Gasteiger partial charge >= 0.3 is 0 Å². The van der Waals surface area contributed by atoms with E-state index in [0.29, 0.717) is 6.04 Å². The van der Waals surface area contributed by atoms with Gasteiger partial charge in [0.05, 0.1) is 17.6 Å². The van der Waals surface area contributed by atoms with Gasteiger partial charge in [-0.25, -0.2) is 4.98 Å². The molecule has 1 unspecified atom stereocenters. The molecule has 2 aliphatic rings. The minimum atomic E-state index is 0.695. The van der Waals surface area contributed by atoms with Gasteiger partial charge in [-0.3, -0.25) is 4.90 Å². The molecule has 4 rings (SSSR count). The molecule has 1 aliphatic carbocycles. The lowest BCUT2D eigenvalue weighted by Gasteiger charge is -2.32. The quantitative estimate of drug-likeness (QED) is 0.908. The molecule has 1 saturated heterocycles. The lowest BCUT2D eigenvalue weighted by molar-refractivity contribution is 0.149. The first-order valence-corrected chi connectivity index (χ1v) is 8.54. The molecule has 1 atom stereocenters. The summed E-state index contributed by atoms with van der Waals surface area (Å²) in [4.78, 5) is 11.0. The Morgan fingerprint density at radius 3 is 2.76 bits per heavy atom. The SMILES string of the molecule is CC1CCCCN1Cc1nc2cc3c(cc2[nH]1)CCCC3. The van der Waals surface area contributed by atoms with E-state index in [9.17, 15) is 0 Å². The monoisotopic (exact) mass is 283 g/mol. The van der Waals surface area contributed by atoms with Gasteiger partial charge < -0.3 is 4.98 Å². The van der Waals surface area contributed by atoms with Gasteiger partial charge in [-0.2, -0.15) is 0 Å². The zero-order valence-electron chi connectivity index (χ0n) is 13.0. The minimum Gasteiger partial charge on any atom is -0.341 e. The van der Waals surface area contributed by atoms with Crippen molar-refractivity contribution >= 4 is 11.0 Å². The normalized spacial score (nSPS) is 23.4. The van der Waals surface area contributed by atoms with Crippen LogP contribution in [0.25, 0.3) is 11.0 Å². The molecule has 3 heteroatoms. The molecule has 1 aromatic heterocycles. The molecule has 1 N–H and O–H groups in total. The van der Waals surface area contributed by atoms with Crippen LogP contribution >= 0.6 is 0 Å². The first-order chi connectivity index (χ1) is 10.3. The van der Waals surface area contributed by atoms with Gasteiger partial charge in [0.1, 0.15) is 5.82 Å². The van der Waals surface area contributed by atoms with Crippen LogP contribution in [0.3, 0.4) is 0 Å². The maximum absolute atomic E-state index is 4.85. The smallest absolute Gasteiger partial charge is 0.121 e. The molecule has 0 amide bonds. The first kappa shape index (κ1) is 13.3. The number of aryl methyl sites for hydroxylation is 2. The Bertz CT molecular complexity index is 600. The molecule has 1 aliphatic heterocycles. The van der Waals surface area contributed by atoms with Crippen molar-refractivity contribution in [2.45, 2.75) is 64.5 Å². The number of aromatic amines is 1. The molecule has 2 aromatic rings. The highest BCUT2D eigenvalue weighted by atomic mass is 15.2. The Hall–Kier alpha value is -1.35. The van der Waals surface area contributed by atoms with Crippen LogP contribution in [0, 0.1) is 0 Å². The van der Waals surface area contributed by atoms with Gasteiger partial charge in [0.25, 0.3) is 0 Å². The number of aromatic nitrogens is 2. The third kappa shape index (κ3) is 2.59. The molecular formula is C18H25N3. The molecular weight excluding hydrogens is 258 g/mol. The Morgan fingerprint density at radius 2 is 1.95 bits per heavy atom. The van der Waals surface area contributed by atoms with Crippen molar-refractivity contribution in [3.63, 3.8) is 0 Å². The number of likely N-dealkylation sites (tertiary alicyclic amines) is 1. The van der Waals surface area contributed by atoms with Gasteiger partial charge in [0.2, 0.25) is 0 Å². The summed E-state index contributed by atoms with van der Waals surface area (Å²) >= 11 is 0. The van der Waals surface area contributed by atoms with Gasteiger partial charge in [-0.15, -0.1) is 0 Å². The highest BCUT2D eigenvalue weighted by Gasteiger charge is 2.20. The molecule has 0 saturated carbocycles. The number of piperidine rings is 1. The van der Waals surface area contributed by atoms with E-state index in [4.69, 9.17) is 4.98 Å². The zero-order valence-corrected chi connectivity index (χ0v) is 13.0. The Labute approximate surface area is 126 Å². The van der Waals surface area contributed by atoms with Gasteiger partial charge in [-0.1, -0.05) is 6.42 Å². The number of nitrogens with zero attached hydrogens (tertiary/aromatic N) is 2.